The van der Waals surface area contributed by atoms with Gasteiger partial charge >= 0.3 is 99.5 Å². The molecule has 0 aromatic heterocycles. The summed E-state index contributed by atoms with van der Waals surface area (Å²) < 4.78 is 0. The van der Waals surface area contributed by atoms with Gasteiger partial charge in [0.1, 0.15) is 0 Å². The Morgan fingerprint density at radius 3 is 0.333 bits per heavy atom. The van der Waals surface area contributed by atoms with E-state index in [2.05, 4.69) is 0 Å². The van der Waals surface area contributed by atoms with Crippen LogP contribution >= 0.6 is 0 Å². The van der Waals surface area contributed by atoms with Gasteiger partial charge in [-0.2, -0.15) is 0 Å². The third kappa shape index (κ3) is 157. The van der Waals surface area contributed by atoms with Gasteiger partial charge in [0.2, 0.25) is 0 Å². The fraction of sp³-hybridized carbons (Fsp3) is 0. The molecule has 0 saturated heterocycles. The van der Waals surface area contributed by atoms with Crippen LogP contribution in [0, 0.1) is 0 Å². The summed E-state index contributed by atoms with van der Waals surface area (Å²) in [4.78, 5) is 0. The molecule has 0 aliphatic rings. The van der Waals surface area contributed by atoms with Gasteiger partial charge in [0.25, 0.3) is 0 Å². The van der Waals surface area contributed by atoms with Crippen molar-refractivity contribution in [3.63, 3.8) is 0 Å². The average Bonchev–Trinajstić information content (AvgIpc) is 0. The Balaban J connectivity index is 0. The van der Waals surface area contributed by atoms with E-state index in [1.54, 1.807) is 0 Å². The largest absolute Gasteiger partial charge is 0 e. The second-order valence-electron chi connectivity index (χ2n) is 0. The third-order valence-electron chi connectivity index (χ3n) is 0. The first-order valence-corrected chi connectivity index (χ1v) is 0. The molecule has 0 aliphatic heterocycles. The van der Waals surface area contributed by atoms with Crippen LogP contribution in [0.15, 0.2) is 0 Å². The Kier molecular flexibility index (Phi) is 3900. The Labute approximate surface area is 157 Å². The molecule has 0 unspecified atom stereocenters. The quantitative estimate of drug-likeness (QED) is 0.209. The van der Waals surface area contributed by atoms with Crippen LogP contribution in [-0.4, -0.2) is 138 Å². The molecule has 0 heterocycles. The van der Waals surface area contributed by atoms with Crippen molar-refractivity contribution in [3.8, 4) is 0 Å². The summed E-state index contributed by atoms with van der Waals surface area (Å²) in [5, 5.41) is 0. The second kappa shape index (κ2) is 195. The predicted molar refractivity (Wildman–Crippen MR) is 62.3 cm³/mol. The van der Waals surface area contributed by atoms with E-state index in [-0.39, 0.29) is 160 Å². The van der Waals surface area contributed by atoms with Crippen LogP contribution in [0.2, 0.25) is 0 Å². The topological polar surface area (TPSA) is 220 Å². The molecule has 0 saturated carbocycles. The van der Waals surface area contributed by atoms with Gasteiger partial charge < -0.3 is 38.3 Å². The SMILES string of the molecule is O.O.O.O.O.O.O.[InH3].[InH3].[SnH2].[SnH2].[Ta]. The molecule has 0 aromatic rings. The zero-order valence-electron chi connectivity index (χ0n) is 5.36. The normalized spacial score (nSPS) is 0. The van der Waals surface area contributed by atoms with Crippen LogP contribution in [0.1, 0.15) is 0 Å². The minimum atomic E-state index is 0. The zero-order chi connectivity index (χ0) is 0. The van der Waals surface area contributed by atoms with Gasteiger partial charge in [0, 0.05) is 22.4 Å². The molecule has 0 rings (SSSR count). The van der Waals surface area contributed by atoms with Crippen molar-refractivity contribution in [3.05, 3.63) is 0 Å². The fourth-order valence-corrected chi connectivity index (χ4v) is 0. The van der Waals surface area contributed by atoms with Gasteiger partial charge in [0.05, 0.1) is 0 Å². The van der Waals surface area contributed by atoms with Gasteiger partial charge in [-0.1, -0.05) is 0 Å². The van der Waals surface area contributed by atoms with E-state index >= 15 is 0 Å². The molecule has 12 heteroatoms. The summed E-state index contributed by atoms with van der Waals surface area (Å²) in [5.74, 6) is 0. The van der Waals surface area contributed by atoms with E-state index in [0.29, 0.717) is 0 Å². The molecule has 14 N–H and O–H groups in total. The molecule has 7 nitrogen and oxygen atoms in total. The second-order valence-corrected chi connectivity index (χ2v) is 0. The summed E-state index contributed by atoms with van der Waals surface area (Å²) in [6.07, 6.45) is 0. The first-order chi connectivity index (χ1) is 0. The molecule has 12 heavy (non-hydrogen) atoms. The molecule has 0 atom stereocenters. The fourth-order valence-electron chi connectivity index (χ4n) is 0. The first-order valence-electron chi connectivity index (χ1n) is 0. The van der Waals surface area contributed by atoms with Crippen molar-refractivity contribution in [2.45, 2.75) is 0 Å². The van der Waals surface area contributed by atoms with E-state index < -0.39 is 0 Å². The summed E-state index contributed by atoms with van der Waals surface area (Å²) in [5.41, 5.74) is 0. The van der Waals surface area contributed by atoms with Crippen molar-refractivity contribution < 1.29 is 60.7 Å². The minimum Gasteiger partial charge on any atom is 0 e. The summed E-state index contributed by atoms with van der Waals surface area (Å²) in [6.45, 7) is 0. The van der Waals surface area contributed by atoms with Crippen LogP contribution < -0.4 is 0 Å². The van der Waals surface area contributed by atoms with Crippen LogP contribution in [0.3, 0.4) is 0 Å². The van der Waals surface area contributed by atoms with Crippen molar-refractivity contribution in [1.29, 1.82) is 0 Å². The van der Waals surface area contributed by atoms with Gasteiger partial charge in [-0.05, 0) is 0 Å². The molecule has 0 bridgehead atoms. The van der Waals surface area contributed by atoms with Gasteiger partial charge in [-0.3, -0.25) is 0 Å². The minimum absolute atomic E-state index is 0. The zero-order valence-corrected chi connectivity index (χ0v) is 16.6. The van der Waals surface area contributed by atoms with Crippen LogP contribution in [0.5, 0.6) is 0 Å². The van der Waals surface area contributed by atoms with E-state index in [0.717, 1.165) is 0 Å². The Morgan fingerprint density at radius 1 is 0.333 bits per heavy atom. The van der Waals surface area contributed by atoms with Crippen LogP contribution in [0.25, 0.3) is 0 Å². The van der Waals surface area contributed by atoms with E-state index in [9.17, 15) is 0 Å². The number of rotatable bonds is 0. The summed E-state index contributed by atoms with van der Waals surface area (Å²) in [6, 6.07) is 0. The van der Waals surface area contributed by atoms with Crippen molar-refractivity contribution in [2.75, 3.05) is 0 Å². The van der Waals surface area contributed by atoms with E-state index in [1.807, 2.05) is 0 Å². The molecule has 0 amide bonds. The molecule has 0 aliphatic carbocycles. The van der Waals surface area contributed by atoms with Crippen molar-refractivity contribution in [1.82, 2.24) is 0 Å². The average molecular weight is 784 g/mol. The van der Waals surface area contributed by atoms with E-state index in [4.69, 9.17) is 0 Å². The first kappa shape index (κ1) is 240. The molecular weight excluding hydrogens is 760 g/mol. The molecule has 5 radical (unpaired) electrons. The summed E-state index contributed by atoms with van der Waals surface area (Å²) >= 11 is 0. The number of hydrogen-bond acceptors (Lipinski definition) is 0. The summed E-state index contributed by atoms with van der Waals surface area (Å²) in [7, 11) is 0. The van der Waals surface area contributed by atoms with Gasteiger partial charge in [-0.15, -0.1) is 0 Å². The maximum atomic E-state index is 0. The predicted octanol–water partition coefficient (Wildman–Crippen LogP) is -9.98. The molecule has 0 spiro atoms. The Hall–Kier alpha value is 3.80. The standard InChI is InChI=1S/2In.7H2O.2Sn.Ta.10H/h;;7*1H2;;;;;;;;;;;;;. The van der Waals surface area contributed by atoms with Crippen LogP contribution in [0.4, 0.5) is 0 Å². The monoisotopic (exact) mass is 787 g/mol. The molecule has 85 valence electrons. The van der Waals surface area contributed by atoms with Crippen LogP contribution in [-0.2, 0) is 22.4 Å². The number of hydrogen-bond donors (Lipinski definition) is 0. The van der Waals surface area contributed by atoms with Gasteiger partial charge in [-0.25, -0.2) is 0 Å². The smallest absolute Gasteiger partial charge is 0 e. The maximum absolute atomic E-state index is 0. The Bertz CT molecular complexity index is 19.4. The molecule has 0 aromatic carbocycles. The van der Waals surface area contributed by atoms with Gasteiger partial charge in [0.15, 0.2) is 0 Å². The van der Waals surface area contributed by atoms with Crippen molar-refractivity contribution >= 4 is 99.5 Å². The maximum Gasteiger partial charge on any atom is 0 e. The molecular formula is H24In2O7Sn2Ta. The third-order valence-corrected chi connectivity index (χ3v) is 0. The molecule has 0 fully saturated rings. The Morgan fingerprint density at radius 2 is 0.333 bits per heavy atom. The van der Waals surface area contributed by atoms with Crippen molar-refractivity contribution in [2.24, 2.45) is 0 Å². The van der Waals surface area contributed by atoms with E-state index in [1.165, 1.54) is 0 Å².